The lowest BCUT2D eigenvalue weighted by molar-refractivity contribution is 0.912. The molecule has 3 heteroatoms. The zero-order valence-electron chi connectivity index (χ0n) is 11.6. The van der Waals surface area contributed by atoms with E-state index in [-0.39, 0.29) is 0 Å². The molecule has 1 aliphatic carbocycles. The summed E-state index contributed by atoms with van der Waals surface area (Å²) in [6, 6.07) is 8.59. The van der Waals surface area contributed by atoms with E-state index >= 15 is 0 Å². The average Bonchev–Trinajstić information content (AvgIpc) is 3.06. The maximum absolute atomic E-state index is 6.46. The smallest absolute Gasteiger partial charge is 0.0667 e. The number of nitrogen functional groups attached to an aromatic ring is 1. The third kappa shape index (κ3) is 1.56. The molecule has 0 saturated carbocycles. The maximum Gasteiger partial charge on any atom is 0.0667 e. The first-order valence-electron chi connectivity index (χ1n) is 7.08. The van der Waals surface area contributed by atoms with Gasteiger partial charge in [0, 0.05) is 23.6 Å². The number of nitrogens with two attached hydrogens (primary N) is 1. The van der Waals surface area contributed by atoms with Gasteiger partial charge in [0.2, 0.25) is 0 Å². The van der Waals surface area contributed by atoms with Crippen molar-refractivity contribution in [3.63, 3.8) is 0 Å². The Morgan fingerprint density at radius 2 is 2.10 bits per heavy atom. The summed E-state index contributed by atoms with van der Waals surface area (Å²) < 4.78 is 1.88. The van der Waals surface area contributed by atoms with Crippen molar-refractivity contribution in [3.05, 3.63) is 53.3 Å². The van der Waals surface area contributed by atoms with E-state index in [4.69, 9.17) is 5.73 Å². The van der Waals surface area contributed by atoms with Crippen molar-refractivity contribution in [2.75, 3.05) is 5.73 Å². The molecule has 0 unspecified atom stereocenters. The van der Waals surface area contributed by atoms with E-state index in [1.165, 1.54) is 40.7 Å². The number of nitrogens with zero attached hydrogens (tertiary/aromatic N) is 2. The van der Waals surface area contributed by atoms with Crippen LogP contribution in [0.4, 0.5) is 5.69 Å². The van der Waals surface area contributed by atoms with Crippen LogP contribution in [0.1, 0.15) is 23.1 Å². The third-order valence-corrected chi connectivity index (χ3v) is 4.33. The minimum absolute atomic E-state index is 0.973. The molecule has 3 aromatic rings. The summed E-state index contributed by atoms with van der Waals surface area (Å²) in [4.78, 5) is 0. The van der Waals surface area contributed by atoms with Gasteiger partial charge < -0.3 is 5.73 Å². The number of rotatable bonds is 1. The Balaban J connectivity index is 1.97. The topological polar surface area (TPSA) is 43.3 Å². The molecule has 100 valence electrons. The zero-order valence-corrected chi connectivity index (χ0v) is 11.6. The Labute approximate surface area is 118 Å². The van der Waals surface area contributed by atoms with Crippen molar-refractivity contribution in [1.82, 2.24) is 9.61 Å². The normalized spacial score (nSPS) is 13.8. The predicted molar refractivity (Wildman–Crippen MR) is 81.8 cm³/mol. The number of aromatic nitrogens is 2. The van der Waals surface area contributed by atoms with Crippen molar-refractivity contribution in [3.8, 4) is 11.1 Å². The summed E-state index contributed by atoms with van der Waals surface area (Å²) in [6.07, 6.45) is 7.32. The fourth-order valence-electron chi connectivity index (χ4n) is 3.39. The van der Waals surface area contributed by atoms with E-state index in [0.717, 1.165) is 17.6 Å². The monoisotopic (exact) mass is 263 g/mol. The highest BCUT2D eigenvalue weighted by Crippen LogP contribution is 2.38. The largest absolute Gasteiger partial charge is 0.398 e. The van der Waals surface area contributed by atoms with Gasteiger partial charge in [-0.15, -0.1) is 0 Å². The second-order valence-electron chi connectivity index (χ2n) is 5.59. The number of aryl methyl sites for hydroxylation is 2. The summed E-state index contributed by atoms with van der Waals surface area (Å²) in [5.41, 5.74) is 15.0. The molecule has 0 atom stereocenters. The molecule has 2 heterocycles. The second-order valence-corrected chi connectivity index (χ2v) is 5.59. The highest BCUT2D eigenvalue weighted by atomic mass is 15.2. The number of fused-ring (bicyclic) bond motifs is 2. The Morgan fingerprint density at radius 3 is 3.00 bits per heavy atom. The Morgan fingerprint density at radius 1 is 1.20 bits per heavy atom. The van der Waals surface area contributed by atoms with Crippen molar-refractivity contribution < 1.29 is 0 Å². The highest BCUT2D eigenvalue weighted by Gasteiger charge is 2.19. The van der Waals surface area contributed by atoms with Crippen LogP contribution in [-0.4, -0.2) is 9.61 Å². The third-order valence-electron chi connectivity index (χ3n) is 4.33. The predicted octanol–water partition coefficient (Wildman–Crippen LogP) is 3.38. The van der Waals surface area contributed by atoms with E-state index in [0.29, 0.717) is 0 Å². The Hall–Kier alpha value is -2.29. The minimum atomic E-state index is 0.973. The first-order chi connectivity index (χ1) is 9.74. The van der Waals surface area contributed by atoms with Crippen molar-refractivity contribution in [2.24, 2.45) is 0 Å². The zero-order chi connectivity index (χ0) is 13.7. The van der Waals surface area contributed by atoms with E-state index in [9.17, 15) is 0 Å². The van der Waals surface area contributed by atoms with Crippen LogP contribution in [-0.2, 0) is 12.8 Å². The van der Waals surface area contributed by atoms with Crippen molar-refractivity contribution >= 4 is 11.2 Å². The van der Waals surface area contributed by atoms with Crippen molar-refractivity contribution in [1.29, 1.82) is 0 Å². The molecule has 0 bridgehead atoms. The van der Waals surface area contributed by atoms with Gasteiger partial charge in [0.15, 0.2) is 0 Å². The lowest BCUT2D eigenvalue weighted by Crippen LogP contribution is -2.00. The fourth-order valence-corrected chi connectivity index (χ4v) is 3.39. The van der Waals surface area contributed by atoms with Gasteiger partial charge in [0.1, 0.15) is 0 Å². The summed E-state index contributed by atoms with van der Waals surface area (Å²) in [5.74, 6) is 0. The first kappa shape index (κ1) is 11.5. The SMILES string of the molecule is Cc1cc2c(c(N)c1-c1ccn3nccc3c1)CCC2. The van der Waals surface area contributed by atoms with Gasteiger partial charge in [-0.1, -0.05) is 6.07 Å². The summed E-state index contributed by atoms with van der Waals surface area (Å²) >= 11 is 0. The van der Waals surface area contributed by atoms with Gasteiger partial charge >= 0.3 is 0 Å². The van der Waals surface area contributed by atoms with Gasteiger partial charge in [-0.3, -0.25) is 0 Å². The molecule has 1 aliphatic rings. The van der Waals surface area contributed by atoms with Crippen LogP contribution in [0.25, 0.3) is 16.6 Å². The summed E-state index contributed by atoms with van der Waals surface area (Å²) in [7, 11) is 0. The lowest BCUT2D eigenvalue weighted by Gasteiger charge is -2.15. The van der Waals surface area contributed by atoms with E-state index in [2.05, 4.69) is 30.2 Å². The van der Waals surface area contributed by atoms with Gasteiger partial charge in [0.25, 0.3) is 0 Å². The van der Waals surface area contributed by atoms with E-state index in [1.807, 2.05) is 23.0 Å². The molecular weight excluding hydrogens is 246 g/mol. The molecule has 2 aromatic heterocycles. The molecule has 3 nitrogen and oxygen atoms in total. The van der Waals surface area contributed by atoms with Crippen LogP contribution in [0.15, 0.2) is 36.7 Å². The quantitative estimate of drug-likeness (QED) is 0.684. The molecule has 0 spiro atoms. The molecule has 0 amide bonds. The average molecular weight is 263 g/mol. The standard InChI is InChI=1S/C17H17N3/c1-11-9-12-3-2-4-15(12)17(18)16(11)13-6-8-20-14(10-13)5-7-19-20/h5-10H,2-4,18H2,1H3. The number of anilines is 1. The molecule has 0 saturated heterocycles. The van der Waals surface area contributed by atoms with Crippen LogP contribution in [0.3, 0.4) is 0 Å². The minimum Gasteiger partial charge on any atom is -0.398 e. The molecule has 0 radical (unpaired) electrons. The van der Waals surface area contributed by atoms with Crippen molar-refractivity contribution in [2.45, 2.75) is 26.2 Å². The second kappa shape index (κ2) is 4.10. The molecule has 0 aliphatic heterocycles. The molecule has 2 N–H and O–H groups in total. The van der Waals surface area contributed by atoms with Crippen LogP contribution >= 0.6 is 0 Å². The van der Waals surface area contributed by atoms with Gasteiger partial charge in [-0.05, 0) is 66.6 Å². The molecule has 0 fully saturated rings. The van der Waals surface area contributed by atoms with Gasteiger partial charge in [-0.25, -0.2) is 4.52 Å². The lowest BCUT2D eigenvalue weighted by atomic mass is 9.93. The number of pyridine rings is 1. The van der Waals surface area contributed by atoms with E-state index in [1.54, 1.807) is 0 Å². The van der Waals surface area contributed by atoms with Gasteiger partial charge in [0.05, 0.1) is 5.52 Å². The number of hydrogen-bond donors (Lipinski definition) is 1. The Bertz CT molecular complexity index is 814. The Kier molecular flexibility index (Phi) is 2.36. The summed E-state index contributed by atoms with van der Waals surface area (Å²) in [6.45, 7) is 2.16. The van der Waals surface area contributed by atoms with E-state index < -0.39 is 0 Å². The first-order valence-corrected chi connectivity index (χ1v) is 7.08. The molecule has 20 heavy (non-hydrogen) atoms. The molecular formula is C17H17N3. The maximum atomic E-state index is 6.46. The van der Waals surface area contributed by atoms with Crippen LogP contribution in [0.5, 0.6) is 0 Å². The van der Waals surface area contributed by atoms with Crippen LogP contribution in [0.2, 0.25) is 0 Å². The fraction of sp³-hybridized carbons (Fsp3) is 0.235. The number of hydrogen-bond acceptors (Lipinski definition) is 2. The van der Waals surface area contributed by atoms with Crippen LogP contribution < -0.4 is 5.73 Å². The molecule has 1 aromatic carbocycles. The van der Waals surface area contributed by atoms with Gasteiger partial charge in [-0.2, -0.15) is 5.10 Å². The molecule has 4 rings (SSSR count). The summed E-state index contributed by atoms with van der Waals surface area (Å²) in [5, 5.41) is 4.24. The highest BCUT2D eigenvalue weighted by molar-refractivity contribution is 5.84. The van der Waals surface area contributed by atoms with Crippen LogP contribution in [0, 0.1) is 6.92 Å². The number of benzene rings is 1.